The highest BCUT2D eigenvalue weighted by atomic mass is 32.1. The minimum atomic E-state index is 0.604. The standard InChI is InChI=1S/C9H16NS/c1-7(2)9-5-6-10(11-9)8(3)4/h5-8H,1-4H3/q+1. The summed E-state index contributed by atoms with van der Waals surface area (Å²) >= 11 is 1.87. The van der Waals surface area contributed by atoms with Crippen LogP contribution >= 0.6 is 11.5 Å². The van der Waals surface area contributed by atoms with Crippen molar-refractivity contribution in [1.29, 1.82) is 0 Å². The maximum absolute atomic E-state index is 2.29. The molecule has 0 atom stereocenters. The van der Waals surface area contributed by atoms with Crippen LogP contribution in [0.15, 0.2) is 12.3 Å². The number of aromatic nitrogens is 1. The maximum Gasteiger partial charge on any atom is 0.184 e. The van der Waals surface area contributed by atoms with Gasteiger partial charge in [-0.2, -0.15) is 0 Å². The Bertz CT molecular complexity index is 203. The van der Waals surface area contributed by atoms with Crippen molar-refractivity contribution in [1.82, 2.24) is 0 Å². The Kier molecular flexibility index (Phi) is 2.66. The second-order valence-electron chi connectivity index (χ2n) is 3.42. The molecule has 2 heteroatoms. The van der Waals surface area contributed by atoms with Crippen LogP contribution in [0.2, 0.25) is 0 Å². The first-order chi connectivity index (χ1) is 5.11. The molecular weight excluding hydrogens is 154 g/mol. The molecule has 0 spiro atoms. The molecule has 11 heavy (non-hydrogen) atoms. The van der Waals surface area contributed by atoms with Gasteiger partial charge in [0.25, 0.3) is 0 Å². The van der Waals surface area contributed by atoms with Gasteiger partial charge in [0.2, 0.25) is 0 Å². The van der Waals surface area contributed by atoms with Crippen LogP contribution in [-0.2, 0) is 0 Å². The zero-order chi connectivity index (χ0) is 8.43. The van der Waals surface area contributed by atoms with E-state index >= 15 is 0 Å². The largest absolute Gasteiger partial charge is 0.184 e. The molecule has 62 valence electrons. The van der Waals surface area contributed by atoms with E-state index in [0.29, 0.717) is 12.0 Å². The van der Waals surface area contributed by atoms with Crippen molar-refractivity contribution in [2.75, 3.05) is 0 Å². The predicted molar refractivity (Wildman–Crippen MR) is 49.0 cm³/mol. The highest BCUT2D eigenvalue weighted by molar-refractivity contribution is 7.01. The SMILES string of the molecule is CC(C)c1cc[n+](C(C)C)s1. The third-order valence-corrected chi connectivity index (χ3v) is 3.25. The van der Waals surface area contributed by atoms with E-state index in [1.54, 1.807) is 0 Å². The van der Waals surface area contributed by atoms with Crippen LogP contribution in [-0.4, -0.2) is 0 Å². The van der Waals surface area contributed by atoms with Gasteiger partial charge < -0.3 is 0 Å². The minimum absolute atomic E-state index is 0.604. The Morgan fingerprint density at radius 2 is 1.91 bits per heavy atom. The number of hydrogen-bond donors (Lipinski definition) is 0. The Labute approximate surface area is 72.8 Å². The van der Waals surface area contributed by atoms with Crippen molar-refractivity contribution in [3.63, 3.8) is 0 Å². The van der Waals surface area contributed by atoms with Gasteiger partial charge in [-0.05, 0) is 19.8 Å². The summed E-state index contributed by atoms with van der Waals surface area (Å²) in [6, 6.07) is 2.82. The van der Waals surface area contributed by atoms with Gasteiger partial charge in [0.05, 0.1) is 4.88 Å². The van der Waals surface area contributed by atoms with Crippen LogP contribution in [0.3, 0.4) is 0 Å². The summed E-state index contributed by atoms with van der Waals surface area (Å²) in [4.78, 5) is 1.47. The van der Waals surface area contributed by atoms with E-state index in [2.05, 4.69) is 43.9 Å². The summed E-state index contributed by atoms with van der Waals surface area (Å²) < 4.78 is 2.29. The average Bonchev–Trinajstić information content (AvgIpc) is 2.33. The van der Waals surface area contributed by atoms with Crippen molar-refractivity contribution in [2.24, 2.45) is 0 Å². The van der Waals surface area contributed by atoms with Gasteiger partial charge in [-0.3, -0.25) is 0 Å². The van der Waals surface area contributed by atoms with Gasteiger partial charge in [0, 0.05) is 6.07 Å². The molecule has 0 unspecified atom stereocenters. The first-order valence-corrected chi connectivity index (χ1v) is 4.90. The molecule has 0 bridgehead atoms. The molecule has 1 aromatic rings. The topological polar surface area (TPSA) is 3.88 Å². The third-order valence-electron chi connectivity index (χ3n) is 1.67. The van der Waals surface area contributed by atoms with Gasteiger partial charge >= 0.3 is 0 Å². The van der Waals surface area contributed by atoms with Crippen molar-refractivity contribution in [3.8, 4) is 0 Å². The van der Waals surface area contributed by atoms with Crippen LogP contribution in [0.5, 0.6) is 0 Å². The monoisotopic (exact) mass is 170 g/mol. The molecule has 0 aromatic carbocycles. The molecule has 0 aliphatic carbocycles. The zero-order valence-corrected chi connectivity index (χ0v) is 8.48. The number of nitrogens with zero attached hydrogens (tertiary/aromatic N) is 1. The first kappa shape index (κ1) is 8.72. The molecule has 0 amide bonds. The fraction of sp³-hybridized carbons (Fsp3) is 0.667. The Morgan fingerprint density at radius 1 is 1.27 bits per heavy atom. The highest BCUT2D eigenvalue weighted by Gasteiger charge is 2.12. The third kappa shape index (κ3) is 2.03. The van der Waals surface area contributed by atoms with Crippen LogP contribution in [0, 0.1) is 0 Å². The van der Waals surface area contributed by atoms with E-state index in [1.807, 2.05) is 11.5 Å². The van der Waals surface area contributed by atoms with Gasteiger partial charge in [0.1, 0.15) is 11.5 Å². The quantitative estimate of drug-likeness (QED) is 0.601. The summed E-state index contributed by atoms with van der Waals surface area (Å²) in [7, 11) is 0. The van der Waals surface area contributed by atoms with Gasteiger partial charge in [-0.25, -0.2) is 0 Å². The Hall–Kier alpha value is -0.370. The van der Waals surface area contributed by atoms with E-state index in [1.165, 1.54) is 4.88 Å². The summed E-state index contributed by atoms with van der Waals surface area (Å²) in [5.41, 5.74) is 0. The lowest BCUT2D eigenvalue weighted by atomic mass is 10.2. The average molecular weight is 170 g/mol. The lowest BCUT2D eigenvalue weighted by molar-refractivity contribution is -0.650. The van der Waals surface area contributed by atoms with Crippen LogP contribution in [0.4, 0.5) is 0 Å². The number of hydrogen-bond acceptors (Lipinski definition) is 1. The second kappa shape index (κ2) is 3.35. The van der Waals surface area contributed by atoms with Crippen LogP contribution in [0.1, 0.15) is 44.5 Å². The maximum atomic E-state index is 2.29. The van der Waals surface area contributed by atoms with Crippen molar-refractivity contribution >= 4 is 11.5 Å². The Balaban J connectivity index is 2.82. The minimum Gasteiger partial charge on any atom is -0.139 e. The van der Waals surface area contributed by atoms with Gasteiger partial charge in [0.15, 0.2) is 12.2 Å². The van der Waals surface area contributed by atoms with Crippen LogP contribution < -0.4 is 3.96 Å². The molecule has 1 rings (SSSR count). The molecule has 0 radical (unpaired) electrons. The molecule has 1 aromatic heterocycles. The van der Waals surface area contributed by atoms with Gasteiger partial charge in [-0.15, -0.1) is 3.96 Å². The smallest absolute Gasteiger partial charge is 0.139 e. The summed E-state index contributed by atoms with van der Waals surface area (Å²) in [6.45, 7) is 8.88. The lowest BCUT2D eigenvalue weighted by Gasteiger charge is -1.94. The molecule has 0 aliphatic rings. The molecule has 0 aliphatic heterocycles. The van der Waals surface area contributed by atoms with E-state index in [0.717, 1.165) is 0 Å². The molecule has 0 saturated heterocycles. The Morgan fingerprint density at radius 3 is 2.18 bits per heavy atom. The second-order valence-corrected chi connectivity index (χ2v) is 4.49. The van der Waals surface area contributed by atoms with Crippen molar-refractivity contribution in [3.05, 3.63) is 17.1 Å². The van der Waals surface area contributed by atoms with E-state index < -0.39 is 0 Å². The summed E-state index contributed by atoms with van der Waals surface area (Å²) in [5, 5.41) is 0. The molecule has 1 heterocycles. The van der Waals surface area contributed by atoms with Crippen LogP contribution in [0.25, 0.3) is 0 Å². The fourth-order valence-corrected chi connectivity index (χ4v) is 1.81. The van der Waals surface area contributed by atoms with E-state index in [4.69, 9.17) is 0 Å². The molecule has 0 saturated carbocycles. The van der Waals surface area contributed by atoms with Crippen molar-refractivity contribution < 1.29 is 3.96 Å². The molecule has 1 nitrogen and oxygen atoms in total. The summed E-state index contributed by atoms with van der Waals surface area (Å²) in [5.74, 6) is 0.667. The highest BCUT2D eigenvalue weighted by Crippen LogP contribution is 2.17. The fourth-order valence-electron chi connectivity index (χ4n) is 0.905. The normalized spacial score (nSPS) is 11.5. The lowest BCUT2D eigenvalue weighted by Crippen LogP contribution is -2.29. The van der Waals surface area contributed by atoms with E-state index in [9.17, 15) is 0 Å². The molecule has 0 N–H and O–H groups in total. The summed E-state index contributed by atoms with van der Waals surface area (Å²) in [6.07, 6.45) is 2.17. The first-order valence-electron chi connectivity index (χ1n) is 4.12. The van der Waals surface area contributed by atoms with Gasteiger partial charge in [-0.1, -0.05) is 13.8 Å². The zero-order valence-electron chi connectivity index (χ0n) is 7.66. The predicted octanol–water partition coefficient (Wildman–Crippen LogP) is 2.74. The van der Waals surface area contributed by atoms with Crippen molar-refractivity contribution in [2.45, 2.75) is 39.7 Å². The molecular formula is C9H16NS+. The van der Waals surface area contributed by atoms with E-state index in [-0.39, 0.29) is 0 Å². The number of rotatable bonds is 2. The molecule has 0 fully saturated rings.